The fourth-order valence-electron chi connectivity index (χ4n) is 3.08. The summed E-state index contributed by atoms with van der Waals surface area (Å²) in [7, 11) is 1.67. The fourth-order valence-corrected chi connectivity index (χ4v) is 3.08. The van der Waals surface area contributed by atoms with Gasteiger partial charge < -0.3 is 20.4 Å². The Morgan fingerprint density at radius 3 is 2.69 bits per heavy atom. The van der Waals surface area contributed by atoms with Gasteiger partial charge in [-0.3, -0.25) is 4.99 Å². The number of aromatic nitrogens is 1. The highest BCUT2D eigenvalue weighted by Gasteiger charge is 2.10. The van der Waals surface area contributed by atoms with Crippen molar-refractivity contribution in [3.8, 4) is 5.75 Å². The normalized spacial score (nSPS) is 11.4. The van der Waals surface area contributed by atoms with Crippen LogP contribution in [-0.2, 0) is 13.0 Å². The summed E-state index contributed by atoms with van der Waals surface area (Å²) < 4.78 is 29.6. The molecule has 3 rings (SSSR count). The second kappa shape index (κ2) is 11.0. The molecule has 0 amide bonds. The number of nitrogens with one attached hydrogen (secondary N) is 3. The van der Waals surface area contributed by atoms with Crippen LogP contribution in [0, 0.1) is 6.92 Å². The molecule has 0 radical (unpaired) electrons. The summed E-state index contributed by atoms with van der Waals surface area (Å²) in [5, 5.41) is 7.60. The summed E-state index contributed by atoms with van der Waals surface area (Å²) in [6.07, 6.45) is 2.86. The molecule has 29 heavy (non-hydrogen) atoms. The Kier molecular flexibility index (Phi) is 8.69. The van der Waals surface area contributed by atoms with Crippen LogP contribution < -0.4 is 15.4 Å². The van der Waals surface area contributed by atoms with Gasteiger partial charge in [-0.05, 0) is 36.6 Å². The number of alkyl halides is 2. The number of nitrogens with zero attached hydrogens (tertiary/aromatic N) is 1. The molecule has 0 saturated heterocycles. The average Bonchev–Trinajstić information content (AvgIpc) is 3.07. The Labute approximate surface area is 186 Å². The van der Waals surface area contributed by atoms with E-state index in [1.54, 1.807) is 25.2 Å². The number of H-pyrrole nitrogens is 1. The van der Waals surface area contributed by atoms with Crippen molar-refractivity contribution in [1.29, 1.82) is 0 Å². The van der Waals surface area contributed by atoms with E-state index in [2.05, 4.69) is 50.5 Å². The largest absolute Gasteiger partial charge is 0.434 e. The molecule has 1 heterocycles. The van der Waals surface area contributed by atoms with Crippen molar-refractivity contribution in [2.45, 2.75) is 26.5 Å². The predicted molar refractivity (Wildman–Crippen MR) is 123 cm³/mol. The second-order valence-electron chi connectivity index (χ2n) is 6.45. The van der Waals surface area contributed by atoms with Crippen molar-refractivity contribution in [2.75, 3.05) is 13.6 Å². The van der Waals surface area contributed by atoms with Gasteiger partial charge in [-0.25, -0.2) is 0 Å². The quantitative estimate of drug-likeness (QED) is 0.245. The first kappa shape index (κ1) is 22.9. The number of ether oxygens (including phenoxy) is 1. The zero-order valence-corrected chi connectivity index (χ0v) is 18.7. The Morgan fingerprint density at radius 2 is 1.93 bits per heavy atom. The highest BCUT2D eigenvalue weighted by molar-refractivity contribution is 14.0. The van der Waals surface area contributed by atoms with Gasteiger partial charge >= 0.3 is 6.61 Å². The molecular weight excluding hydrogens is 489 g/mol. The van der Waals surface area contributed by atoms with Crippen LogP contribution in [0.5, 0.6) is 5.75 Å². The van der Waals surface area contributed by atoms with Crippen LogP contribution in [0.1, 0.15) is 16.7 Å². The summed E-state index contributed by atoms with van der Waals surface area (Å²) in [6.45, 7) is 0.241. The summed E-state index contributed by atoms with van der Waals surface area (Å²) in [6, 6.07) is 13.1. The maximum atomic E-state index is 12.5. The van der Waals surface area contributed by atoms with Crippen LogP contribution in [-0.4, -0.2) is 31.1 Å². The van der Waals surface area contributed by atoms with Gasteiger partial charge in [0.1, 0.15) is 5.75 Å². The lowest BCUT2D eigenvalue weighted by Gasteiger charge is -2.14. The minimum atomic E-state index is -2.85. The molecule has 8 heteroatoms. The van der Waals surface area contributed by atoms with Crippen LogP contribution in [0.3, 0.4) is 0 Å². The van der Waals surface area contributed by atoms with Gasteiger partial charge in [0.05, 0.1) is 0 Å². The van der Waals surface area contributed by atoms with Gasteiger partial charge in [0.15, 0.2) is 5.96 Å². The average molecular weight is 514 g/mol. The van der Waals surface area contributed by atoms with E-state index in [0.29, 0.717) is 24.6 Å². The molecule has 2 aromatic carbocycles. The van der Waals surface area contributed by atoms with Crippen LogP contribution in [0.4, 0.5) is 8.78 Å². The lowest BCUT2D eigenvalue weighted by molar-refractivity contribution is -0.0504. The Bertz CT molecular complexity index is 959. The number of aromatic amines is 1. The Balaban J connectivity index is 0.00000300. The van der Waals surface area contributed by atoms with Gasteiger partial charge in [-0.15, -0.1) is 24.0 Å². The summed E-state index contributed by atoms with van der Waals surface area (Å²) in [5.41, 5.74) is 4.22. The number of aryl methyl sites for hydroxylation is 1. The number of para-hydroxylation sites is 1. The van der Waals surface area contributed by atoms with Crippen LogP contribution in [0.15, 0.2) is 53.7 Å². The van der Waals surface area contributed by atoms with E-state index in [1.165, 1.54) is 22.6 Å². The number of fused-ring (bicyclic) bond motifs is 1. The number of aliphatic imine (C=N–C) groups is 1. The topological polar surface area (TPSA) is 61.4 Å². The lowest BCUT2D eigenvalue weighted by atomic mass is 10.1. The fraction of sp³-hybridized carbons (Fsp3) is 0.286. The van der Waals surface area contributed by atoms with Crippen molar-refractivity contribution < 1.29 is 13.5 Å². The minimum absolute atomic E-state index is 0. The van der Waals surface area contributed by atoms with Gasteiger partial charge in [-0.2, -0.15) is 8.78 Å². The van der Waals surface area contributed by atoms with E-state index in [-0.39, 0.29) is 29.7 Å². The smallest absolute Gasteiger partial charge is 0.387 e. The molecule has 0 aliphatic carbocycles. The first-order chi connectivity index (χ1) is 13.6. The molecule has 156 valence electrons. The number of hydrogen-bond donors (Lipinski definition) is 3. The molecule has 5 nitrogen and oxygen atoms in total. The molecule has 0 bridgehead atoms. The van der Waals surface area contributed by atoms with Gasteiger partial charge in [0, 0.05) is 42.8 Å². The zero-order chi connectivity index (χ0) is 19.9. The summed E-state index contributed by atoms with van der Waals surface area (Å²) in [4.78, 5) is 7.48. The molecule has 0 spiro atoms. The third kappa shape index (κ3) is 6.31. The zero-order valence-electron chi connectivity index (χ0n) is 16.3. The van der Waals surface area contributed by atoms with E-state index in [4.69, 9.17) is 0 Å². The molecule has 0 saturated carbocycles. The summed E-state index contributed by atoms with van der Waals surface area (Å²) >= 11 is 0. The second-order valence-corrected chi connectivity index (χ2v) is 6.45. The number of rotatable bonds is 7. The number of hydrogen-bond acceptors (Lipinski definition) is 2. The molecule has 0 unspecified atom stereocenters. The highest BCUT2D eigenvalue weighted by Crippen LogP contribution is 2.20. The van der Waals surface area contributed by atoms with Crippen LogP contribution in [0.2, 0.25) is 0 Å². The highest BCUT2D eigenvalue weighted by atomic mass is 127. The maximum Gasteiger partial charge on any atom is 0.387 e. The van der Waals surface area contributed by atoms with E-state index in [0.717, 1.165) is 11.9 Å². The summed E-state index contributed by atoms with van der Waals surface area (Å²) in [5.74, 6) is 0.761. The number of guanidine groups is 1. The monoisotopic (exact) mass is 514 g/mol. The number of halogens is 3. The van der Waals surface area contributed by atoms with E-state index in [9.17, 15) is 8.78 Å². The van der Waals surface area contributed by atoms with Crippen LogP contribution >= 0.6 is 24.0 Å². The molecular formula is C21H25F2IN4O. The van der Waals surface area contributed by atoms with Gasteiger partial charge in [0.25, 0.3) is 0 Å². The molecule has 3 aromatic rings. The van der Waals surface area contributed by atoms with Crippen molar-refractivity contribution >= 4 is 40.8 Å². The minimum Gasteiger partial charge on any atom is -0.434 e. The molecule has 0 aliphatic rings. The van der Waals surface area contributed by atoms with Crippen molar-refractivity contribution in [1.82, 2.24) is 15.6 Å². The first-order valence-electron chi connectivity index (χ1n) is 9.10. The van der Waals surface area contributed by atoms with Crippen molar-refractivity contribution in [3.63, 3.8) is 0 Å². The maximum absolute atomic E-state index is 12.5. The van der Waals surface area contributed by atoms with Crippen molar-refractivity contribution in [2.24, 2.45) is 4.99 Å². The Morgan fingerprint density at radius 1 is 1.14 bits per heavy atom. The van der Waals surface area contributed by atoms with Crippen molar-refractivity contribution in [3.05, 3.63) is 65.4 Å². The molecule has 0 aliphatic heterocycles. The molecule has 1 aromatic heterocycles. The lowest BCUT2D eigenvalue weighted by Crippen LogP contribution is -2.37. The molecule has 3 N–H and O–H groups in total. The first-order valence-corrected chi connectivity index (χ1v) is 9.10. The third-order valence-corrected chi connectivity index (χ3v) is 4.47. The predicted octanol–water partition coefficient (Wildman–Crippen LogP) is 4.60. The van der Waals surface area contributed by atoms with E-state index in [1.807, 2.05) is 6.20 Å². The standard InChI is InChI=1S/C21H24F2N4O.HI/c1-14-7-8-17-15(12-26-18(17)11-14)9-10-25-21(24-2)27-13-16-5-3-4-6-19(16)28-20(22)23;/h3-8,11-12,20,26H,9-10,13H2,1-2H3,(H2,24,25,27);1H. The SMILES string of the molecule is CN=C(NCCc1c[nH]c2cc(C)ccc12)NCc1ccccc1OC(F)F.I. The van der Waals surface area contributed by atoms with Crippen LogP contribution in [0.25, 0.3) is 10.9 Å². The number of benzene rings is 2. The van der Waals surface area contributed by atoms with Gasteiger partial charge in [0.2, 0.25) is 0 Å². The third-order valence-electron chi connectivity index (χ3n) is 4.47. The molecule has 0 fully saturated rings. The molecule has 0 atom stereocenters. The Hall–Kier alpha value is -2.36. The van der Waals surface area contributed by atoms with E-state index >= 15 is 0 Å². The van der Waals surface area contributed by atoms with E-state index < -0.39 is 6.61 Å². The van der Waals surface area contributed by atoms with Gasteiger partial charge in [-0.1, -0.05) is 30.3 Å².